The van der Waals surface area contributed by atoms with Gasteiger partial charge in [0.25, 0.3) is 0 Å². The van der Waals surface area contributed by atoms with Crippen molar-refractivity contribution in [3.63, 3.8) is 0 Å². The van der Waals surface area contributed by atoms with Gasteiger partial charge in [-0.1, -0.05) is 42.5 Å². The third-order valence-corrected chi connectivity index (χ3v) is 5.22. The fourth-order valence-corrected chi connectivity index (χ4v) is 3.45. The minimum Gasteiger partial charge on any atom is -0.429 e. The summed E-state index contributed by atoms with van der Waals surface area (Å²) in [5.74, 6) is -7.57. The molecule has 0 aromatic heterocycles. The van der Waals surface area contributed by atoms with Gasteiger partial charge in [-0.25, -0.2) is 22.0 Å². The molecule has 0 saturated heterocycles. The number of halogens is 7. The first-order valence-electron chi connectivity index (χ1n) is 9.94. The molecule has 0 aliphatic rings. The normalized spacial score (nSPS) is 11.5. The lowest BCUT2D eigenvalue weighted by atomic mass is 9.98. The Morgan fingerprint density at radius 2 is 1.15 bits per heavy atom. The van der Waals surface area contributed by atoms with E-state index in [0.717, 1.165) is 13.0 Å². The largest absolute Gasteiger partial charge is 0.432 e. The maximum Gasteiger partial charge on any atom is 0.432 e. The van der Waals surface area contributed by atoms with Gasteiger partial charge in [0.2, 0.25) is 0 Å². The number of benzene rings is 4. The first-order chi connectivity index (χ1) is 16.1. The zero-order valence-corrected chi connectivity index (χ0v) is 17.5. The summed E-state index contributed by atoms with van der Waals surface area (Å²) in [4.78, 5) is 0. The first kappa shape index (κ1) is 23.4. The molecule has 8 heteroatoms. The second kappa shape index (κ2) is 8.85. The lowest BCUT2D eigenvalue weighted by molar-refractivity contribution is -0.189. The van der Waals surface area contributed by atoms with Crippen molar-refractivity contribution in [1.29, 1.82) is 0 Å². The number of alkyl halides is 2. The van der Waals surface area contributed by atoms with Crippen LogP contribution in [0.3, 0.4) is 0 Å². The maximum absolute atomic E-state index is 14.7. The fourth-order valence-electron chi connectivity index (χ4n) is 3.45. The van der Waals surface area contributed by atoms with Gasteiger partial charge >= 0.3 is 6.11 Å². The highest BCUT2D eigenvalue weighted by Crippen LogP contribution is 2.38. The van der Waals surface area contributed by atoms with Crippen molar-refractivity contribution in [2.75, 3.05) is 0 Å². The monoisotopic (exact) mass is 476 g/mol. The quantitative estimate of drug-likeness (QED) is 0.264. The summed E-state index contributed by atoms with van der Waals surface area (Å²) in [6.07, 6.45) is -4.61. The molecule has 0 spiro atoms. The van der Waals surface area contributed by atoms with E-state index < -0.39 is 52.1 Å². The van der Waals surface area contributed by atoms with E-state index in [9.17, 15) is 30.7 Å². The summed E-state index contributed by atoms with van der Waals surface area (Å²) in [5.41, 5.74) is -1.52. The van der Waals surface area contributed by atoms with E-state index in [-0.39, 0.29) is 11.1 Å². The van der Waals surface area contributed by atoms with Crippen LogP contribution in [-0.2, 0) is 6.11 Å². The van der Waals surface area contributed by atoms with Gasteiger partial charge in [0, 0.05) is 23.3 Å². The summed E-state index contributed by atoms with van der Waals surface area (Å²) >= 11 is 0. The summed E-state index contributed by atoms with van der Waals surface area (Å²) < 4.78 is 105. The second-order valence-electron chi connectivity index (χ2n) is 7.51. The van der Waals surface area contributed by atoms with Crippen LogP contribution >= 0.6 is 0 Å². The zero-order valence-electron chi connectivity index (χ0n) is 17.5. The van der Waals surface area contributed by atoms with Gasteiger partial charge in [-0.15, -0.1) is 0 Å². The van der Waals surface area contributed by atoms with Gasteiger partial charge in [-0.3, -0.25) is 0 Å². The highest BCUT2D eigenvalue weighted by Gasteiger charge is 2.41. The van der Waals surface area contributed by atoms with Crippen LogP contribution in [0.1, 0.15) is 11.1 Å². The molecule has 0 aliphatic heterocycles. The van der Waals surface area contributed by atoms with Crippen molar-refractivity contribution in [1.82, 2.24) is 0 Å². The predicted octanol–water partition coefficient (Wildman–Crippen LogP) is 8.15. The van der Waals surface area contributed by atoms with Gasteiger partial charge in [0.15, 0.2) is 0 Å². The molecule has 0 fully saturated rings. The number of hydrogen-bond acceptors (Lipinski definition) is 1. The molecule has 0 atom stereocenters. The lowest BCUT2D eigenvalue weighted by Crippen LogP contribution is -2.25. The lowest BCUT2D eigenvalue weighted by Gasteiger charge is -2.20. The van der Waals surface area contributed by atoms with Crippen LogP contribution in [0.4, 0.5) is 30.7 Å². The van der Waals surface area contributed by atoms with Crippen LogP contribution in [0, 0.1) is 36.0 Å². The molecule has 0 saturated carbocycles. The summed E-state index contributed by atoms with van der Waals surface area (Å²) in [6.45, 7) is 1.08. The molecule has 0 heterocycles. The smallest absolute Gasteiger partial charge is 0.429 e. The molecule has 4 aromatic carbocycles. The molecule has 0 N–H and O–H groups in total. The van der Waals surface area contributed by atoms with E-state index in [1.54, 1.807) is 30.3 Å². The number of hydrogen-bond donors (Lipinski definition) is 0. The Bertz CT molecular complexity index is 1320. The molecule has 0 amide bonds. The van der Waals surface area contributed by atoms with Gasteiger partial charge in [0.05, 0.1) is 0 Å². The molecule has 0 radical (unpaired) electrons. The highest BCUT2D eigenvalue weighted by atomic mass is 19.3. The SMILES string of the molecule is Cc1c(F)cc(OC(F)(F)c2c(F)cc(-c3ccc(-c4ccccc4)cc3F)cc2F)cc1F. The Labute approximate surface area is 190 Å². The third-order valence-electron chi connectivity index (χ3n) is 5.22. The molecule has 4 rings (SSSR count). The zero-order chi connectivity index (χ0) is 24.6. The molecule has 34 heavy (non-hydrogen) atoms. The van der Waals surface area contributed by atoms with Crippen molar-refractivity contribution in [2.45, 2.75) is 13.0 Å². The Kier molecular flexibility index (Phi) is 6.08. The average molecular weight is 476 g/mol. The molecule has 174 valence electrons. The Balaban J connectivity index is 1.68. The minimum atomic E-state index is -4.61. The molecule has 0 aliphatic carbocycles. The van der Waals surface area contributed by atoms with E-state index in [2.05, 4.69) is 4.74 Å². The number of rotatable bonds is 5. The summed E-state index contributed by atoms with van der Waals surface area (Å²) in [5, 5.41) is 0. The Morgan fingerprint density at radius 1 is 0.588 bits per heavy atom. The van der Waals surface area contributed by atoms with E-state index in [4.69, 9.17) is 0 Å². The van der Waals surface area contributed by atoms with Gasteiger partial charge in [0.1, 0.15) is 40.4 Å². The average Bonchev–Trinajstić information content (AvgIpc) is 2.77. The van der Waals surface area contributed by atoms with E-state index in [0.29, 0.717) is 35.4 Å². The maximum atomic E-state index is 14.7. The topological polar surface area (TPSA) is 9.23 Å². The van der Waals surface area contributed by atoms with Crippen LogP contribution < -0.4 is 4.74 Å². The van der Waals surface area contributed by atoms with Gasteiger partial charge < -0.3 is 4.74 Å². The summed E-state index contributed by atoms with van der Waals surface area (Å²) in [6, 6.07) is 14.8. The first-order valence-corrected chi connectivity index (χ1v) is 9.94. The van der Waals surface area contributed by atoms with E-state index in [1.165, 1.54) is 12.1 Å². The molecule has 0 bridgehead atoms. The van der Waals surface area contributed by atoms with E-state index >= 15 is 0 Å². The van der Waals surface area contributed by atoms with Gasteiger partial charge in [-0.05, 0) is 41.8 Å². The van der Waals surface area contributed by atoms with Crippen molar-refractivity contribution in [2.24, 2.45) is 0 Å². The predicted molar refractivity (Wildman–Crippen MR) is 113 cm³/mol. The molecule has 0 unspecified atom stereocenters. The van der Waals surface area contributed by atoms with E-state index in [1.807, 2.05) is 0 Å². The van der Waals surface area contributed by atoms with Crippen molar-refractivity contribution < 1.29 is 35.5 Å². The Morgan fingerprint density at radius 3 is 1.71 bits per heavy atom. The van der Waals surface area contributed by atoms with Gasteiger partial charge in [-0.2, -0.15) is 8.78 Å². The minimum absolute atomic E-state index is 0.212. The van der Waals surface area contributed by atoms with Crippen LogP contribution in [0.2, 0.25) is 0 Å². The Hall–Kier alpha value is -3.81. The van der Waals surface area contributed by atoms with Crippen LogP contribution in [0.25, 0.3) is 22.3 Å². The highest BCUT2D eigenvalue weighted by molar-refractivity contribution is 5.71. The molecule has 4 aromatic rings. The molecular formula is C26H15F7O. The van der Waals surface area contributed by atoms with Crippen LogP contribution in [0.5, 0.6) is 5.75 Å². The summed E-state index contributed by atoms with van der Waals surface area (Å²) in [7, 11) is 0. The number of ether oxygens (including phenoxy) is 1. The molecule has 1 nitrogen and oxygen atoms in total. The van der Waals surface area contributed by atoms with Crippen molar-refractivity contribution in [3.05, 3.63) is 113 Å². The molecular weight excluding hydrogens is 461 g/mol. The van der Waals surface area contributed by atoms with Crippen LogP contribution in [-0.4, -0.2) is 0 Å². The van der Waals surface area contributed by atoms with Crippen molar-refractivity contribution >= 4 is 0 Å². The fraction of sp³-hybridized carbons (Fsp3) is 0.0769. The third kappa shape index (κ3) is 4.48. The second-order valence-corrected chi connectivity index (χ2v) is 7.51. The van der Waals surface area contributed by atoms with Crippen LogP contribution in [0.15, 0.2) is 72.8 Å². The van der Waals surface area contributed by atoms with Crippen molar-refractivity contribution in [3.8, 4) is 28.0 Å². The standard InChI is InChI=1S/C26H15F7O/c1-14-20(27)12-18(13-21(14)28)34-26(32,33)25-23(30)10-17(11-24(25)31)19-8-7-16(9-22(19)29)15-5-3-2-4-6-15/h2-13H,1H3.